The van der Waals surface area contributed by atoms with Crippen molar-refractivity contribution in [3.8, 4) is 0 Å². The molecule has 0 bridgehead atoms. The summed E-state index contributed by atoms with van der Waals surface area (Å²) in [6.07, 6.45) is 4.09. The number of hydrogen-bond donors (Lipinski definition) is 1. The first kappa shape index (κ1) is 15.1. The van der Waals surface area contributed by atoms with Crippen molar-refractivity contribution in [1.82, 2.24) is 9.88 Å². The number of hydrogen-bond acceptors (Lipinski definition) is 3. The van der Waals surface area contributed by atoms with Gasteiger partial charge in [-0.2, -0.15) is 0 Å². The van der Waals surface area contributed by atoms with Gasteiger partial charge in [-0.15, -0.1) is 0 Å². The summed E-state index contributed by atoms with van der Waals surface area (Å²) in [4.78, 5) is 24.1. The maximum absolute atomic E-state index is 12.4. The van der Waals surface area contributed by atoms with Crippen molar-refractivity contribution < 1.29 is 14.3 Å². The third-order valence-electron chi connectivity index (χ3n) is 3.40. The number of esters is 1. The van der Waals surface area contributed by atoms with Gasteiger partial charge in [0.2, 0.25) is 0 Å². The SMILES string of the molecule is COC(=O)[C@@H](NC(=O)c1cc(Br)cn1C1CC1)C(C)C. The minimum atomic E-state index is -0.631. The molecule has 0 aliphatic heterocycles. The zero-order valence-corrected chi connectivity index (χ0v) is 13.4. The molecule has 1 aliphatic carbocycles. The van der Waals surface area contributed by atoms with Crippen LogP contribution < -0.4 is 5.32 Å². The Labute approximate surface area is 126 Å². The molecule has 1 aromatic rings. The number of halogens is 1. The minimum absolute atomic E-state index is 0.0285. The van der Waals surface area contributed by atoms with Gasteiger partial charge in [-0.3, -0.25) is 4.79 Å². The molecule has 6 heteroatoms. The lowest BCUT2D eigenvalue weighted by Gasteiger charge is -2.20. The number of methoxy groups -OCH3 is 1. The van der Waals surface area contributed by atoms with Crippen LogP contribution >= 0.6 is 15.9 Å². The number of nitrogens with one attached hydrogen (secondary N) is 1. The molecule has 1 atom stereocenters. The van der Waals surface area contributed by atoms with Gasteiger partial charge in [0.25, 0.3) is 5.91 Å². The largest absolute Gasteiger partial charge is 0.467 e. The van der Waals surface area contributed by atoms with Crippen LogP contribution in [0.3, 0.4) is 0 Å². The third kappa shape index (κ3) is 3.23. The molecule has 2 rings (SSSR count). The Morgan fingerprint density at radius 2 is 2.10 bits per heavy atom. The van der Waals surface area contributed by atoms with E-state index in [0.717, 1.165) is 17.3 Å². The summed E-state index contributed by atoms with van der Waals surface area (Å²) < 4.78 is 7.57. The molecule has 0 aromatic carbocycles. The Bertz CT molecular complexity index is 520. The van der Waals surface area contributed by atoms with Crippen LogP contribution in [-0.4, -0.2) is 29.6 Å². The third-order valence-corrected chi connectivity index (χ3v) is 3.83. The molecule has 1 amide bonds. The lowest BCUT2D eigenvalue weighted by atomic mass is 10.0. The number of ether oxygens (including phenoxy) is 1. The Balaban J connectivity index is 2.16. The molecule has 110 valence electrons. The van der Waals surface area contributed by atoms with E-state index in [0.29, 0.717) is 11.7 Å². The number of nitrogens with zero attached hydrogens (tertiary/aromatic N) is 1. The van der Waals surface area contributed by atoms with E-state index < -0.39 is 12.0 Å². The van der Waals surface area contributed by atoms with Crippen LogP contribution in [0.25, 0.3) is 0 Å². The zero-order chi connectivity index (χ0) is 14.9. The summed E-state index contributed by atoms with van der Waals surface area (Å²) in [5.41, 5.74) is 0.578. The molecule has 0 spiro atoms. The molecule has 1 saturated carbocycles. The highest BCUT2D eigenvalue weighted by atomic mass is 79.9. The average Bonchev–Trinajstić information content (AvgIpc) is 3.17. The van der Waals surface area contributed by atoms with Gasteiger partial charge in [0.1, 0.15) is 11.7 Å². The van der Waals surface area contributed by atoms with Crippen molar-refractivity contribution in [2.75, 3.05) is 7.11 Å². The topological polar surface area (TPSA) is 60.3 Å². The summed E-state index contributed by atoms with van der Waals surface area (Å²) in [5.74, 6) is -0.692. The first-order chi connectivity index (χ1) is 9.43. The van der Waals surface area contributed by atoms with E-state index in [1.54, 1.807) is 6.07 Å². The molecule has 20 heavy (non-hydrogen) atoms. The first-order valence-electron chi connectivity index (χ1n) is 6.70. The van der Waals surface area contributed by atoms with Crippen LogP contribution in [0.2, 0.25) is 0 Å². The van der Waals surface area contributed by atoms with E-state index in [1.807, 2.05) is 24.6 Å². The zero-order valence-electron chi connectivity index (χ0n) is 11.9. The van der Waals surface area contributed by atoms with Crippen LogP contribution in [0, 0.1) is 5.92 Å². The van der Waals surface area contributed by atoms with Crippen LogP contribution in [-0.2, 0) is 9.53 Å². The number of amides is 1. The summed E-state index contributed by atoms with van der Waals surface area (Å²) >= 11 is 3.39. The van der Waals surface area contributed by atoms with Crippen molar-refractivity contribution >= 4 is 27.8 Å². The van der Waals surface area contributed by atoms with Gasteiger partial charge in [0.05, 0.1) is 7.11 Å². The molecule has 1 aliphatic rings. The van der Waals surface area contributed by atoms with E-state index in [-0.39, 0.29) is 11.8 Å². The van der Waals surface area contributed by atoms with Gasteiger partial charge in [-0.05, 0) is 40.8 Å². The number of carbonyl (C=O) groups is 2. The van der Waals surface area contributed by atoms with E-state index in [9.17, 15) is 9.59 Å². The average molecular weight is 343 g/mol. The van der Waals surface area contributed by atoms with Crippen LogP contribution in [0.4, 0.5) is 0 Å². The predicted molar refractivity (Wildman–Crippen MR) is 78.5 cm³/mol. The maximum Gasteiger partial charge on any atom is 0.328 e. The standard InChI is InChI=1S/C14H19BrN2O3/c1-8(2)12(14(19)20-3)16-13(18)11-6-9(15)7-17(11)10-4-5-10/h6-8,10,12H,4-5H2,1-3H3,(H,16,18)/t12-/m0/s1. The van der Waals surface area contributed by atoms with Crippen LogP contribution in [0.1, 0.15) is 43.2 Å². The fourth-order valence-corrected chi connectivity index (χ4v) is 2.56. The molecular formula is C14H19BrN2O3. The van der Waals surface area contributed by atoms with Gasteiger partial charge >= 0.3 is 5.97 Å². The highest BCUT2D eigenvalue weighted by Gasteiger charge is 2.30. The van der Waals surface area contributed by atoms with Crippen LogP contribution in [0.5, 0.6) is 0 Å². The minimum Gasteiger partial charge on any atom is -0.467 e. The second-order valence-corrected chi connectivity index (χ2v) is 6.32. The fourth-order valence-electron chi connectivity index (χ4n) is 2.12. The Morgan fingerprint density at radius 1 is 1.45 bits per heavy atom. The molecule has 1 fully saturated rings. The smallest absolute Gasteiger partial charge is 0.328 e. The van der Waals surface area contributed by atoms with E-state index in [2.05, 4.69) is 21.2 Å². The molecule has 5 nitrogen and oxygen atoms in total. The second kappa shape index (κ2) is 5.99. The number of aromatic nitrogens is 1. The normalized spacial score (nSPS) is 16.1. The molecule has 1 aromatic heterocycles. The van der Waals surface area contributed by atoms with Crippen molar-refractivity contribution in [2.45, 2.75) is 38.8 Å². The quantitative estimate of drug-likeness (QED) is 0.836. The number of carbonyl (C=O) groups excluding carboxylic acids is 2. The van der Waals surface area contributed by atoms with Gasteiger partial charge < -0.3 is 14.6 Å². The second-order valence-electron chi connectivity index (χ2n) is 5.40. The molecule has 0 saturated heterocycles. The summed E-state index contributed by atoms with van der Waals surface area (Å²) in [6.45, 7) is 3.75. The highest BCUT2D eigenvalue weighted by molar-refractivity contribution is 9.10. The Morgan fingerprint density at radius 3 is 2.60 bits per heavy atom. The number of rotatable bonds is 5. The lowest BCUT2D eigenvalue weighted by molar-refractivity contribution is -0.144. The van der Waals surface area contributed by atoms with E-state index >= 15 is 0 Å². The molecule has 0 radical (unpaired) electrons. The van der Waals surface area contributed by atoms with Gasteiger partial charge in [-0.1, -0.05) is 13.8 Å². The van der Waals surface area contributed by atoms with Crippen molar-refractivity contribution in [1.29, 1.82) is 0 Å². The van der Waals surface area contributed by atoms with Crippen molar-refractivity contribution in [3.63, 3.8) is 0 Å². The maximum atomic E-state index is 12.4. The Kier molecular flexibility index (Phi) is 4.52. The fraction of sp³-hybridized carbons (Fsp3) is 0.571. The lowest BCUT2D eigenvalue weighted by Crippen LogP contribution is -2.45. The van der Waals surface area contributed by atoms with E-state index in [1.165, 1.54) is 7.11 Å². The molecular weight excluding hydrogens is 324 g/mol. The monoisotopic (exact) mass is 342 g/mol. The highest BCUT2D eigenvalue weighted by Crippen LogP contribution is 2.37. The van der Waals surface area contributed by atoms with Crippen molar-refractivity contribution in [3.05, 3.63) is 22.4 Å². The summed E-state index contributed by atoms with van der Waals surface area (Å²) in [5, 5.41) is 2.76. The molecule has 0 unspecified atom stereocenters. The van der Waals surface area contributed by atoms with Gasteiger partial charge in [0.15, 0.2) is 0 Å². The predicted octanol–water partition coefficient (Wildman–Crippen LogP) is 2.51. The van der Waals surface area contributed by atoms with E-state index in [4.69, 9.17) is 4.74 Å². The van der Waals surface area contributed by atoms with Crippen LogP contribution in [0.15, 0.2) is 16.7 Å². The Hall–Kier alpha value is -1.30. The summed E-state index contributed by atoms with van der Waals surface area (Å²) in [6, 6.07) is 1.55. The summed E-state index contributed by atoms with van der Waals surface area (Å²) in [7, 11) is 1.33. The first-order valence-corrected chi connectivity index (χ1v) is 7.49. The van der Waals surface area contributed by atoms with Gasteiger partial charge in [0, 0.05) is 16.7 Å². The van der Waals surface area contributed by atoms with Crippen molar-refractivity contribution in [2.24, 2.45) is 5.92 Å². The molecule has 1 N–H and O–H groups in total. The van der Waals surface area contributed by atoms with Gasteiger partial charge in [-0.25, -0.2) is 4.79 Å². The molecule has 1 heterocycles.